The first kappa shape index (κ1) is 14.6. The van der Waals surface area contributed by atoms with Crippen molar-refractivity contribution in [1.82, 2.24) is 0 Å². The Bertz CT molecular complexity index is 656. The van der Waals surface area contributed by atoms with E-state index < -0.39 is 6.09 Å². The Morgan fingerprint density at radius 1 is 1.10 bits per heavy atom. The summed E-state index contributed by atoms with van der Waals surface area (Å²) in [6.07, 6.45) is -0.180. The average Bonchev–Trinajstić information content (AvgIpc) is 2.50. The number of carbonyl (C=O) groups is 1. The molecule has 1 amide bonds. The summed E-state index contributed by atoms with van der Waals surface area (Å²) in [7, 11) is 0. The maximum atomic E-state index is 11.8. The van der Waals surface area contributed by atoms with Crippen LogP contribution in [0.2, 0.25) is 0 Å². The van der Waals surface area contributed by atoms with Gasteiger partial charge in [-0.25, -0.2) is 4.79 Å². The van der Waals surface area contributed by atoms with Crippen LogP contribution in [0.3, 0.4) is 0 Å². The van der Waals surface area contributed by atoms with Gasteiger partial charge in [0.2, 0.25) is 0 Å². The smallest absolute Gasteiger partial charge is 0.410 e. The van der Waals surface area contributed by atoms with Crippen LogP contribution in [0.15, 0.2) is 54.6 Å². The number of para-hydroxylation sites is 2. The number of hydrogen-bond donors (Lipinski definition) is 2. The molecule has 0 aromatic heterocycles. The highest BCUT2D eigenvalue weighted by Gasteiger charge is 2.07. The monoisotopic (exact) mass is 281 g/mol. The predicted octanol–water partition coefficient (Wildman–Crippen LogP) is 3.03. The van der Waals surface area contributed by atoms with Crippen LogP contribution in [-0.2, 0) is 0 Å². The molecule has 0 fully saturated rings. The van der Waals surface area contributed by atoms with Crippen molar-refractivity contribution >= 4 is 11.8 Å². The zero-order valence-corrected chi connectivity index (χ0v) is 11.4. The number of amides is 1. The van der Waals surface area contributed by atoms with Gasteiger partial charge in [-0.15, -0.1) is 0 Å². The van der Waals surface area contributed by atoms with Gasteiger partial charge in [0, 0.05) is 12.0 Å². The first-order chi connectivity index (χ1) is 10.3. The van der Waals surface area contributed by atoms with E-state index in [2.05, 4.69) is 17.2 Å². The largest absolute Gasteiger partial charge is 0.417 e. The zero-order chi connectivity index (χ0) is 14.9. The van der Waals surface area contributed by atoms with Crippen LogP contribution in [0.5, 0.6) is 5.75 Å². The molecule has 0 spiro atoms. The second-order valence-electron chi connectivity index (χ2n) is 4.15. The molecule has 0 bridgehead atoms. The number of aliphatic hydroxyl groups is 1. The third-order valence-electron chi connectivity index (χ3n) is 2.58. The van der Waals surface area contributed by atoms with Crippen molar-refractivity contribution in [2.24, 2.45) is 0 Å². The number of anilines is 1. The van der Waals surface area contributed by atoms with Gasteiger partial charge in [-0.05, 0) is 24.3 Å². The molecule has 4 nitrogen and oxygen atoms in total. The Kier molecular flexibility index (Phi) is 5.39. The number of ether oxygens (including phenoxy) is 1. The number of aliphatic hydroxyl groups excluding tert-OH is 1. The molecular weight excluding hydrogens is 266 g/mol. The molecule has 21 heavy (non-hydrogen) atoms. The topological polar surface area (TPSA) is 58.6 Å². The van der Waals surface area contributed by atoms with Crippen LogP contribution >= 0.6 is 0 Å². The van der Waals surface area contributed by atoms with Gasteiger partial charge in [0.25, 0.3) is 0 Å². The van der Waals surface area contributed by atoms with Crippen LogP contribution in [0.4, 0.5) is 10.5 Å². The maximum Gasteiger partial charge on any atom is 0.417 e. The van der Waals surface area contributed by atoms with E-state index in [1.54, 1.807) is 42.5 Å². The summed E-state index contributed by atoms with van der Waals surface area (Å²) < 4.78 is 5.16. The second kappa shape index (κ2) is 7.73. The third kappa shape index (κ3) is 4.68. The van der Waals surface area contributed by atoms with E-state index in [0.717, 1.165) is 0 Å². The SMILES string of the molecule is O=C(Nc1ccccc1C#CCCO)Oc1ccccc1. The molecule has 0 heterocycles. The van der Waals surface area contributed by atoms with Gasteiger partial charge in [0.1, 0.15) is 5.75 Å². The number of nitrogens with one attached hydrogen (secondary N) is 1. The van der Waals surface area contributed by atoms with Crippen molar-refractivity contribution in [1.29, 1.82) is 0 Å². The van der Waals surface area contributed by atoms with Crippen LogP contribution in [0, 0.1) is 11.8 Å². The van der Waals surface area contributed by atoms with Crippen LogP contribution in [0.25, 0.3) is 0 Å². The van der Waals surface area contributed by atoms with Crippen molar-refractivity contribution in [2.45, 2.75) is 6.42 Å². The molecular formula is C17H15NO3. The molecule has 0 aliphatic heterocycles. The molecule has 0 saturated heterocycles. The van der Waals surface area contributed by atoms with Crippen molar-refractivity contribution in [3.8, 4) is 17.6 Å². The summed E-state index contributed by atoms with van der Waals surface area (Å²) in [5.74, 6) is 6.20. The van der Waals surface area contributed by atoms with Crippen LogP contribution in [0.1, 0.15) is 12.0 Å². The summed E-state index contributed by atoms with van der Waals surface area (Å²) in [5, 5.41) is 11.4. The van der Waals surface area contributed by atoms with Crippen molar-refractivity contribution in [2.75, 3.05) is 11.9 Å². The van der Waals surface area contributed by atoms with E-state index in [0.29, 0.717) is 23.4 Å². The lowest BCUT2D eigenvalue weighted by molar-refractivity contribution is 0.215. The molecule has 0 radical (unpaired) electrons. The number of rotatable bonds is 3. The minimum Gasteiger partial charge on any atom is -0.410 e. The van der Waals surface area contributed by atoms with Gasteiger partial charge >= 0.3 is 6.09 Å². The lowest BCUT2D eigenvalue weighted by Crippen LogP contribution is -2.17. The molecule has 0 saturated carbocycles. The lowest BCUT2D eigenvalue weighted by atomic mass is 10.2. The van der Waals surface area contributed by atoms with E-state index in [9.17, 15) is 4.79 Å². The highest BCUT2D eigenvalue weighted by molar-refractivity contribution is 5.88. The molecule has 106 valence electrons. The number of carbonyl (C=O) groups excluding carboxylic acids is 1. The van der Waals surface area contributed by atoms with E-state index in [1.807, 2.05) is 12.1 Å². The second-order valence-corrected chi connectivity index (χ2v) is 4.15. The molecule has 2 rings (SSSR count). The summed E-state index contributed by atoms with van der Waals surface area (Å²) in [4.78, 5) is 11.8. The summed E-state index contributed by atoms with van der Waals surface area (Å²) in [6.45, 7) is 0.0125. The third-order valence-corrected chi connectivity index (χ3v) is 2.58. The molecule has 0 aliphatic carbocycles. The van der Waals surface area contributed by atoms with Gasteiger partial charge in [-0.2, -0.15) is 0 Å². The molecule has 2 aromatic carbocycles. The fraction of sp³-hybridized carbons (Fsp3) is 0.118. The van der Waals surface area contributed by atoms with Gasteiger partial charge in [0.05, 0.1) is 12.3 Å². The quantitative estimate of drug-likeness (QED) is 0.850. The van der Waals surface area contributed by atoms with Gasteiger partial charge in [0.15, 0.2) is 0 Å². The molecule has 2 N–H and O–H groups in total. The zero-order valence-electron chi connectivity index (χ0n) is 11.4. The van der Waals surface area contributed by atoms with Gasteiger partial charge in [-0.3, -0.25) is 5.32 Å². The standard InChI is InChI=1S/C17H15NO3/c19-13-7-6-9-14-8-4-5-12-16(14)18-17(20)21-15-10-2-1-3-11-15/h1-5,8,10-12,19H,7,13H2,(H,18,20). The highest BCUT2D eigenvalue weighted by atomic mass is 16.6. The molecule has 0 aliphatic rings. The average molecular weight is 281 g/mol. The number of hydrogen-bond acceptors (Lipinski definition) is 3. The summed E-state index contributed by atoms with van der Waals surface area (Å²) >= 11 is 0. The molecule has 2 aromatic rings. The first-order valence-electron chi connectivity index (χ1n) is 6.52. The Morgan fingerprint density at radius 2 is 1.81 bits per heavy atom. The van der Waals surface area contributed by atoms with Gasteiger partial charge in [-0.1, -0.05) is 42.2 Å². The summed E-state index contributed by atoms with van der Waals surface area (Å²) in [6, 6.07) is 16.0. The Hall–Kier alpha value is -2.77. The van der Waals surface area contributed by atoms with Crippen LogP contribution < -0.4 is 10.1 Å². The normalized spacial score (nSPS) is 9.38. The van der Waals surface area contributed by atoms with Crippen LogP contribution in [-0.4, -0.2) is 17.8 Å². The lowest BCUT2D eigenvalue weighted by Gasteiger charge is -2.08. The Morgan fingerprint density at radius 3 is 2.57 bits per heavy atom. The Labute approximate surface area is 123 Å². The van der Waals surface area contributed by atoms with E-state index in [4.69, 9.17) is 9.84 Å². The highest BCUT2D eigenvalue weighted by Crippen LogP contribution is 2.15. The molecule has 0 unspecified atom stereocenters. The fourth-order valence-corrected chi connectivity index (χ4v) is 1.65. The van der Waals surface area contributed by atoms with Crippen molar-refractivity contribution < 1.29 is 14.6 Å². The maximum absolute atomic E-state index is 11.8. The predicted molar refractivity (Wildman–Crippen MR) is 81.1 cm³/mol. The van der Waals surface area contributed by atoms with E-state index in [-0.39, 0.29) is 6.61 Å². The minimum atomic E-state index is -0.572. The molecule has 4 heteroatoms. The fourth-order valence-electron chi connectivity index (χ4n) is 1.65. The first-order valence-corrected chi connectivity index (χ1v) is 6.52. The number of benzene rings is 2. The van der Waals surface area contributed by atoms with E-state index in [1.165, 1.54) is 0 Å². The minimum absolute atomic E-state index is 0.0125. The molecule has 0 atom stereocenters. The Balaban J connectivity index is 2.06. The van der Waals surface area contributed by atoms with E-state index >= 15 is 0 Å². The van der Waals surface area contributed by atoms with Gasteiger partial charge < -0.3 is 9.84 Å². The summed E-state index contributed by atoms with van der Waals surface area (Å²) in [5.41, 5.74) is 1.25. The van der Waals surface area contributed by atoms with Crippen molar-refractivity contribution in [3.05, 3.63) is 60.2 Å². The van der Waals surface area contributed by atoms with Crippen molar-refractivity contribution in [3.63, 3.8) is 0 Å².